The first-order valence-electron chi connectivity index (χ1n) is 9.14. The summed E-state index contributed by atoms with van der Waals surface area (Å²) in [7, 11) is 0. The molecule has 0 bridgehead atoms. The molecule has 0 unspecified atom stereocenters. The van der Waals surface area contributed by atoms with Crippen LogP contribution in [0.1, 0.15) is 44.9 Å². The fourth-order valence-electron chi connectivity index (χ4n) is 2.67. The molecule has 0 aliphatic rings. The molecule has 5 heteroatoms. The molecule has 2 aromatic carbocycles. The molecule has 0 saturated carbocycles. The highest BCUT2D eigenvalue weighted by Crippen LogP contribution is 2.17. The van der Waals surface area contributed by atoms with Gasteiger partial charge in [-0.3, -0.25) is 9.59 Å². The summed E-state index contributed by atoms with van der Waals surface area (Å²) in [4.78, 5) is 23.7. The molecule has 0 radical (unpaired) electrons. The third-order valence-electron chi connectivity index (χ3n) is 4.10. The Morgan fingerprint density at radius 3 is 1.88 bits per heavy atom. The van der Waals surface area contributed by atoms with Crippen molar-refractivity contribution in [2.45, 2.75) is 44.9 Å². The molecule has 4 N–H and O–H groups in total. The number of carbonyl (C=O) groups excluding carboxylic acids is 2. The highest BCUT2D eigenvalue weighted by molar-refractivity contribution is 5.93. The first-order valence-corrected chi connectivity index (χ1v) is 9.14. The van der Waals surface area contributed by atoms with Crippen molar-refractivity contribution in [1.29, 1.82) is 0 Å². The molecule has 2 amide bonds. The fourth-order valence-corrected chi connectivity index (χ4v) is 2.67. The second-order valence-electron chi connectivity index (χ2n) is 6.32. The van der Waals surface area contributed by atoms with Gasteiger partial charge < -0.3 is 16.4 Å². The molecule has 26 heavy (non-hydrogen) atoms. The predicted octanol–water partition coefficient (Wildman–Crippen LogP) is 4.58. The number of hydrogen-bond acceptors (Lipinski definition) is 3. The van der Waals surface area contributed by atoms with E-state index in [0.29, 0.717) is 24.2 Å². The van der Waals surface area contributed by atoms with Crippen LogP contribution in [0.15, 0.2) is 54.6 Å². The number of rotatable bonds is 10. The van der Waals surface area contributed by atoms with E-state index in [1.54, 1.807) is 12.1 Å². The van der Waals surface area contributed by atoms with E-state index in [4.69, 9.17) is 5.73 Å². The van der Waals surface area contributed by atoms with Crippen LogP contribution in [-0.4, -0.2) is 11.8 Å². The van der Waals surface area contributed by atoms with E-state index in [-0.39, 0.29) is 11.8 Å². The lowest BCUT2D eigenvalue weighted by atomic mass is 10.1. The molecule has 0 aromatic heterocycles. The van der Waals surface area contributed by atoms with Gasteiger partial charge in [0.05, 0.1) is 11.4 Å². The van der Waals surface area contributed by atoms with Crippen LogP contribution in [0.5, 0.6) is 0 Å². The van der Waals surface area contributed by atoms with Gasteiger partial charge in [0, 0.05) is 18.5 Å². The quantitative estimate of drug-likeness (QED) is 0.432. The summed E-state index contributed by atoms with van der Waals surface area (Å²) < 4.78 is 0. The number of carbonyl (C=O) groups is 2. The highest BCUT2D eigenvalue weighted by Gasteiger charge is 2.05. The first kappa shape index (κ1) is 19.5. The zero-order chi connectivity index (χ0) is 18.6. The molecule has 0 aliphatic carbocycles. The summed E-state index contributed by atoms with van der Waals surface area (Å²) in [5.41, 5.74) is 7.89. The van der Waals surface area contributed by atoms with Gasteiger partial charge in [0.1, 0.15) is 0 Å². The number of anilines is 3. The number of benzene rings is 2. The molecule has 0 fully saturated rings. The molecule has 2 aromatic rings. The number of nitrogens with one attached hydrogen (secondary N) is 2. The number of hydrogen-bond donors (Lipinski definition) is 3. The zero-order valence-corrected chi connectivity index (χ0v) is 15.0. The van der Waals surface area contributed by atoms with Crippen molar-refractivity contribution in [3.63, 3.8) is 0 Å². The van der Waals surface area contributed by atoms with Gasteiger partial charge in [-0.15, -0.1) is 0 Å². The van der Waals surface area contributed by atoms with Crippen LogP contribution in [0.25, 0.3) is 0 Å². The van der Waals surface area contributed by atoms with Crippen molar-refractivity contribution in [3.05, 3.63) is 54.6 Å². The average molecular weight is 353 g/mol. The van der Waals surface area contributed by atoms with E-state index in [1.807, 2.05) is 42.5 Å². The summed E-state index contributed by atoms with van der Waals surface area (Å²) in [6.45, 7) is 0. The van der Waals surface area contributed by atoms with Gasteiger partial charge >= 0.3 is 0 Å². The summed E-state index contributed by atoms with van der Waals surface area (Å²) >= 11 is 0. The molecular weight excluding hydrogens is 326 g/mol. The number of amides is 2. The third-order valence-corrected chi connectivity index (χ3v) is 4.10. The summed E-state index contributed by atoms with van der Waals surface area (Å²) in [5, 5.41) is 5.72. The van der Waals surface area contributed by atoms with Crippen LogP contribution in [0, 0.1) is 0 Å². The van der Waals surface area contributed by atoms with Crippen molar-refractivity contribution in [1.82, 2.24) is 0 Å². The summed E-state index contributed by atoms with van der Waals surface area (Å²) in [6.07, 6.45) is 5.73. The van der Waals surface area contributed by atoms with Gasteiger partial charge in [-0.2, -0.15) is 0 Å². The van der Waals surface area contributed by atoms with Gasteiger partial charge in [0.2, 0.25) is 11.8 Å². The summed E-state index contributed by atoms with van der Waals surface area (Å²) in [5.74, 6) is 0.0427. The highest BCUT2D eigenvalue weighted by atomic mass is 16.2. The van der Waals surface area contributed by atoms with Gasteiger partial charge in [-0.25, -0.2) is 0 Å². The monoisotopic (exact) mass is 353 g/mol. The lowest BCUT2D eigenvalue weighted by Gasteiger charge is -2.07. The lowest BCUT2D eigenvalue weighted by Crippen LogP contribution is -2.12. The Balaban J connectivity index is 1.49. The third kappa shape index (κ3) is 7.38. The summed E-state index contributed by atoms with van der Waals surface area (Å²) in [6, 6.07) is 16.7. The van der Waals surface area contributed by atoms with Crippen LogP contribution < -0.4 is 16.4 Å². The van der Waals surface area contributed by atoms with Crippen LogP contribution in [0.2, 0.25) is 0 Å². The van der Waals surface area contributed by atoms with Gasteiger partial charge in [0.25, 0.3) is 0 Å². The molecule has 138 valence electrons. The smallest absolute Gasteiger partial charge is 0.224 e. The number of unbranched alkanes of at least 4 members (excludes halogenated alkanes) is 4. The normalized spacial score (nSPS) is 10.3. The average Bonchev–Trinajstić information content (AvgIpc) is 2.63. The number of nitrogen functional groups attached to an aromatic ring is 1. The molecule has 0 aliphatic heterocycles. The van der Waals surface area contributed by atoms with Gasteiger partial charge in [0.15, 0.2) is 0 Å². The Hall–Kier alpha value is -2.82. The second-order valence-corrected chi connectivity index (χ2v) is 6.32. The number of nitrogens with two attached hydrogens (primary N) is 1. The van der Waals surface area contributed by atoms with Crippen LogP contribution >= 0.6 is 0 Å². The molecule has 0 heterocycles. The standard InChI is InChI=1S/C21H27N3O2/c22-18-13-9-10-14-19(18)24-21(26)16-8-3-1-2-7-15-20(25)23-17-11-5-4-6-12-17/h4-6,9-14H,1-3,7-8,15-16,22H2,(H,23,25)(H,24,26). The Labute approximate surface area is 155 Å². The van der Waals surface area contributed by atoms with E-state index < -0.39 is 0 Å². The SMILES string of the molecule is Nc1ccccc1NC(=O)CCCCCCCC(=O)Nc1ccccc1. The Bertz CT molecular complexity index is 701. The van der Waals surface area contributed by atoms with Crippen LogP contribution in [0.3, 0.4) is 0 Å². The van der Waals surface area contributed by atoms with Crippen LogP contribution in [0.4, 0.5) is 17.1 Å². The maximum atomic E-state index is 11.9. The van der Waals surface area contributed by atoms with Crippen molar-refractivity contribution in [3.8, 4) is 0 Å². The van der Waals surface area contributed by atoms with Gasteiger partial charge in [-0.1, -0.05) is 49.6 Å². The van der Waals surface area contributed by atoms with Crippen molar-refractivity contribution in [2.75, 3.05) is 16.4 Å². The first-order chi connectivity index (χ1) is 12.6. The minimum absolute atomic E-state index is 0.00913. The molecule has 5 nitrogen and oxygen atoms in total. The fraction of sp³-hybridized carbons (Fsp3) is 0.333. The Kier molecular flexibility index (Phi) is 8.19. The van der Waals surface area contributed by atoms with E-state index in [9.17, 15) is 9.59 Å². The zero-order valence-electron chi connectivity index (χ0n) is 15.0. The molecule has 0 saturated heterocycles. The number of para-hydroxylation sites is 3. The topological polar surface area (TPSA) is 84.2 Å². The molecular formula is C21H27N3O2. The molecule has 0 atom stereocenters. The van der Waals surface area contributed by atoms with Crippen molar-refractivity contribution >= 4 is 28.9 Å². The predicted molar refractivity (Wildman–Crippen MR) is 107 cm³/mol. The molecule has 0 spiro atoms. The van der Waals surface area contributed by atoms with E-state index >= 15 is 0 Å². The van der Waals surface area contributed by atoms with E-state index in [1.165, 1.54) is 0 Å². The Morgan fingerprint density at radius 2 is 1.23 bits per heavy atom. The largest absolute Gasteiger partial charge is 0.397 e. The maximum absolute atomic E-state index is 11.9. The van der Waals surface area contributed by atoms with E-state index in [0.717, 1.165) is 37.8 Å². The van der Waals surface area contributed by atoms with Crippen LogP contribution in [-0.2, 0) is 9.59 Å². The Morgan fingerprint density at radius 1 is 0.692 bits per heavy atom. The van der Waals surface area contributed by atoms with Gasteiger partial charge in [-0.05, 0) is 37.1 Å². The lowest BCUT2D eigenvalue weighted by molar-refractivity contribution is -0.117. The minimum Gasteiger partial charge on any atom is -0.397 e. The second kappa shape index (κ2) is 10.9. The van der Waals surface area contributed by atoms with Crippen molar-refractivity contribution < 1.29 is 9.59 Å². The van der Waals surface area contributed by atoms with Crippen molar-refractivity contribution in [2.24, 2.45) is 0 Å². The maximum Gasteiger partial charge on any atom is 0.224 e. The van der Waals surface area contributed by atoms with E-state index in [2.05, 4.69) is 10.6 Å². The molecule has 2 rings (SSSR count). The minimum atomic E-state index is -0.00913.